The van der Waals surface area contributed by atoms with E-state index in [-0.39, 0.29) is 5.41 Å². The monoisotopic (exact) mass is 227 g/mol. The van der Waals surface area contributed by atoms with Crippen LogP contribution in [0.5, 0.6) is 0 Å². The first-order valence-electron chi connectivity index (χ1n) is 6.73. The summed E-state index contributed by atoms with van der Waals surface area (Å²) in [6.07, 6.45) is 5.53. The zero-order chi connectivity index (χ0) is 12.4. The molecule has 0 aromatic rings. The molecule has 1 saturated carbocycles. The molecule has 1 aliphatic carbocycles. The third kappa shape index (κ3) is 2.98. The van der Waals surface area contributed by atoms with E-state index in [1.54, 1.807) is 0 Å². The highest BCUT2D eigenvalue weighted by atomic mass is 16.3. The van der Waals surface area contributed by atoms with Crippen molar-refractivity contribution in [2.24, 2.45) is 23.0 Å². The average Bonchev–Trinajstić information content (AvgIpc) is 2.16. The lowest BCUT2D eigenvalue weighted by Gasteiger charge is -2.47. The highest BCUT2D eigenvalue weighted by Crippen LogP contribution is 2.45. The SMILES string of the molecule is CC(C)CC1CCCC(O)(C(C)(C)CN)C1. The van der Waals surface area contributed by atoms with Crippen LogP contribution in [0.1, 0.15) is 59.8 Å². The first-order valence-corrected chi connectivity index (χ1v) is 6.73. The Hall–Kier alpha value is -0.0800. The molecule has 0 amide bonds. The van der Waals surface area contributed by atoms with E-state index in [4.69, 9.17) is 5.73 Å². The van der Waals surface area contributed by atoms with Crippen LogP contribution in [0.3, 0.4) is 0 Å². The molecule has 0 saturated heterocycles. The maximum atomic E-state index is 10.8. The van der Waals surface area contributed by atoms with E-state index in [2.05, 4.69) is 27.7 Å². The summed E-state index contributed by atoms with van der Waals surface area (Å²) in [5.41, 5.74) is 5.12. The van der Waals surface area contributed by atoms with Gasteiger partial charge in [0.25, 0.3) is 0 Å². The molecule has 0 heterocycles. The normalized spacial score (nSPS) is 32.1. The van der Waals surface area contributed by atoms with Gasteiger partial charge >= 0.3 is 0 Å². The van der Waals surface area contributed by atoms with Crippen molar-refractivity contribution in [1.29, 1.82) is 0 Å². The van der Waals surface area contributed by atoms with Crippen LogP contribution in [0, 0.1) is 17.3 Å². The predicted molar refractivity (Wildman–Crippen MR) is 69.2 cm³/mol. The molecule has 0 aliphatic heterocycles. The molecule has 2 heteroatoms. The predicted octanol–water partition coefficient (Wildman–Crippen LogP) is 2.94. The van der Waals surface area contributed by atoms with Crippen molar-refractivity contribution in [3.05, 3.63) is 0 Å². The fraction of sp³-hybridized carbons (Fsp3) is 1.00. The molecule has 0 bridgehead atoms. The van der Waals surface area contributed by atoms with Gasteiger partial charge < -0.3 is 10.8 Å². The van der Waals surface area contributed by atoms with Crippen LogP contribution < -0.4 is 5.73 Å². The van der Waals surface area contributed by atoms with E-state index in [1.807, 2.05) is 0 Å². The average molecular weight is 227 g/mol. The van der Waals surface area contributed by atoms with Crippen molar-refractivity contribution >= 4 is 0 Å². The third-order valence-electron chi connectivity index (χ3n) is 4.40. The summed E-state index contributed by atoms with van der Waals surface area (Å²) in [4.78, 5) is 0. The Kier molecular flexibility index (Phi) is 4.42. The standard InChI is InChI=1S/C14H29NO/c1-11(2)8-12-6-5-7-14(16,9-12)13(3,4)10-15/h11-12,16H,5-10,15H2,1-4H3. The van der Waals surface area contributed by atoms with Gasteiger partial charge in [0.2, 0.25) is 0 Å². The van der Waals surface area contributed by atoms with Crippen molar-refractivity contribution in [1.82, 2.24) is 0 Å². The smallest absolute Gasteiger partial charge is 0.0713 e. The van der Waals surface area contributed by atoms with Crippen LogP contribution in [0.2, 0.25) is 0 Å². The van der Waals surface area contributed by atoms with Crippen molar-refractivity contribution in [2.75, 3.05) is 6.54 Å². The molecular weight excluding hydrogens is 198 g/mol. The minimum atomic E-state index is -0.542. The van der Waals surface area contributed by atoms with Crippen LogP contribution >= 0.6 is 0 Å². The maximum Gasteiger partial charge on any atom is 0.0713 e. The molecule has 96 valence electrons. The lowest BCUT2D eigenvalue weighted by molar-refractivity contribution is -0.104. The zero-order valence-electron chi connectivity index (χ0n) is 11.4. The van der Waals surface area contributed by atoms with Gasteiger partial charge in [0.1, 0.15) is 0 Å². The Labute approximate surface area is 101 Å². The third-order valence-corrected chi connectivity index (χ3v) is 4.40. The number of nitrogens with two attached hydrogens (primary N) is 1. The van der Waals surface area contributed by atoms with Gasteiger partial charge in [-0.05, 0) is 31.1 Å². The van der Waals surface area contributed by atoms with Gasteiger partial charge in [-0.25, -0.2) is 0 Å². The van der Waals surface area contributed by atoms with Gasteiger partial charge in [-0.2, -0.15) is 0 Å². The number of rotatable bonds is 4. The molecule has 3 N–H and O–H groups in total. The van der Waals surface area contributed by atoms with Crippen LogP contribution in [-0.2, 0) is 0 Å². The van der Waals surface area contributed by atoms with Gasteiger partial charge in [-0.3, -0.25) is 0 Å². The summed E-state index contributed by atoms with van der Waals surface area (Å²) in [5.74, 6) is 1.41. The van der Waals surface area contributed by atoms with Crippen molar-refractivity contribution in [3.8, 4) is 0 Å². The molecule has 2 atom stereocenters. The second-order valence-corrected chi connectivity index (χ2v) is 6.71. The molecule has 2 nitrogen and oxygen atoms in total. The Balaban J connectivity index is 2.68. The highest BCUT2D eigenvalue weighted by Gasteiger charge is 2.45. The number of aliphatic hydroxyl groups is 1. The lowest BCUT2D eigenvalue weighted by atomic mass is 9.63. The fourth-order valence-corrected chi connectivity index (χ4v) is 3.04. The summed E-state index contributed by atoms with van der Waals surface area (Å²) in [6, 6.07) is 0. The van der Waals surface area contributed by atoms with Crippen LogP contribution in [0.25, 0.3) is 0 Å². The molecule has 1 aliphatic rings. The fourth-order valence-electron chi connectivity index (χ4n) is 3.04. The summed E-state index contributed by atoms with van der Waals surface area (Å²) in [5, 5.41) is 10.8. The Morgan fingerprint density at radius 1 is 1.44 bits per heavy atom. The van der Waals surface area contributed by atoms with Crippen LogP contribution in [-0.4, -0.2) is 17.3 Å². The van der Waals surface area contributed by atoms with Gasteiger partial charge in [-0.1, -0.05) is 40.5 Å². The Morgan fingerprint density at radius 2 is 2.06 bits per heavy atom. The topological polar surface area (TPSA) is 46.2 Å². The maximum absolute atomic E-state index is 10.8. The number of hydrogen-bond acceptors (Lipinski definition) is 2. The largest absolute Gasteiger partial charge is 0.389 e. The van der Waals surface area contributed by atoms with E-state index >= 15 is 0 Å². The first-order chi connectivity index (χ1) is 7.31. The van der Waals surface area contributed by atoms with Gasteiger partial charge in [0.05, 0.1) is 5.60 Å². The van der Waals surface area contributed by atoms with Gasteiger partial charge in [0.15, 0.2) is 0 Å². The molecule has 0 spiro atoms. The van der Waals surface area contributed by atoms with Crippen LogP contribution in [0.15, 0.2) is 0 Å². The molecule has 1 fully saturated rings. The summed E-state index contributed by atoms with van der Waals surface area (Å²) >= 11 is 0. The second-order valence-electron chi connectivity index (χ2n) is 6.71. The van der Waals surface area contributed by atoms with Crippen molar-refractivity contribution in [2.45, 2.75) is 65.4 Å². The number of hydrogen-bond donors (Lipinski definition) is 2. The van der Waals surface area contributed by atoms with Crippen molar-refractivity contribution in [3.63, 3.8) is 0 Å². The second kappa shape index (κ2) is 5.05. The quantitative estimate of drug-likeness (QED) is 0.775. The molecule has 0 radical (unpaired) electrons. The Morgan fingerprint density at radius 3 is 2.56 bits per heavy atom. The van der Waals surface area contributed by atoms with Crippen molar-refractivity contribution < 1.29 is 5.11 Å². The molecule has 1 rings (SSSR count). The zero-order valence-corrected chi connectivity index (χ0v) is 11.4. The molecule has 16 heavy (non-hydrogen) atoms. The van der Waals surface area contributed by atoms with E-state index in [1.165, 1.54) is 12.8 Å². The van der Waals surface area contributed by atoms with Gasteiger partial charge in [-0.15, -0.1) is 0 Å². The highest BCUT2D eigenvalue weighted by molar-refractivity contribution is 4.97. The minimum absolute atomic E-state index is 0.150. The summed E-state index contributed by atoms with van der Waals surface area (Å²) in [6.45, 7) is 9.30. The summed E-state index contributed by atoms with van der Waals surface area (Å²) < 4.78 is 0. The van der Waals surface area contributed by atoms with E-state index in [9.17, 15) is 5.11 Å². The molecule has 0 aromatic heterocycles. The first kappa shape index (κ1) is 14.0. The van der Waals surface area contributed by atoms with E-state index < -0.39 is 5.60 Å². The molecular formula is C14H29NO. The minimum Gasteiger partial charge on any atom is -0.389 e. The Bertz CT molecular complexity index is 225. The van der Waals surface area contributed by atoms with Gasteiger partial charge in [0, 0.05) is 12.0 Å². The molecule has 0 aromatic carbocycles. The van der Waals surface area contributed by atoms with E-state index in [0.29, 0.717) is 12.5 Å². The van der Waals surface area contributed by atoms with Crippen LogP contribution in [0.4, 0.5) is 0 Å². The summed E-state index contributed by atoms with van der Waals surface area (Å²) in [7, 11) is 0. The molecule has 2 unspecified atom stereocenters. The lowest BCUT2D eigenvalue weighted by Crippen LogP contribution is -2.51. The van der Waals surface area contributed by atoms with E-state index in [0.717, 1.165) is 25.2 Å².